The molecule has 2 unspecified atom stereocenters. The van der Waals surface area contributed by atoms with Gasteiger partial charge in [-0.25, -0.2) is 0 Å². The number of amides is 1. The van der Waals surface area contributed by atoms with Gasteiger partial charge in [0.25, 0.3) is 0 Å². The molecule has 1 amide bonds. The van der Waals surface area contributed by atoms with Crippen LogP contribution in [0.15, 0.2) is 11.6 Å². The molecular formula is C11H17F3N2O. The van der Waals surface area contributed by atoms with E-state index in [9.17, 15) is 18.0 Å². The van der Waals surface area contributed by atoms with Crippen molar-refractivity contribution in [2.45, 2.75) is 32.5 Å². The first-order valence-corrected chi connectivity index (χ1v) is 5.54. The monoisotopic (exact) mass is 250 g/mol. The van der Waals surface area contributed by atoms with Crippen molar-refractivity contribution >= 4 is 5.91 Å². The number of nitrogens with zero attached hydrogens (tertiary/aromatic N) is 1. The third-order valence-electron chi connectivity index (χ3n) is 3.06. The van der Waals surface area contributed by atoms with Gasteiger partial charge in [0, 0.05) is 24.7 Å². The predicted molar refractivity (Wildman–Crippen MR) is 58.1 cm³/mol. The second-order valence-corrected chi connectivity index (χ2v) is 4.41. The fourth-order valence-electron chi connectivity index (χ4n) is 1.64. The summed E-state index contributed by atoms with van der Waals surface area (Å²) in [6.45, 7) is 3.53. The number of rotatable bonds is 2. The summed E-state index contributed by atoms with van der Waals surface area (Å²) in [6, 6.07) is -0.296. The van der Waals surface area contributed by atoms with Gasteiger partial charge in [-0.2, -0.15) is 13.2 Å². The van der Waals surface area contributed by atoms with Crippen molar-refractivity contribution in [3.8, 4) is 0 Å². The highest BCUT2D eigenvalue weighted by Crippen LogP contribution is 2.30. The Morgan fingerprint density at radius 1 is 1.47 bits per heavy atom. The maximum absolute atomic E-state index is 12.4. The van der Waals surface area contributed by atoms with Crippen molar-refractivity contribution in [3.05, 3.63) is 11.6 Å². The Morgan fingerprint density at radius 2 is 2.06 bits per heavy atom. The Bertz CT molecular complexity index is 323. The molecule has 0 spiro atoms. The number of carbonyl (C=O) groups excluding carboxylic acids is 1. The molecule has 1 rings (SSSR count). The molecule has 98 valence electrons. The van der Waals surface area contributed by atoms with E-state index in [1.54, 1.807) is 13.8 Å². The van der Waals surface area contributed by atoms with E-state index in [2.05, 4.69) is 0 Å². The van der Waals surface area contributed by atoms with Gasteiger partial charge in [-0.05, 0) is 13.3 Å². The van der Waals surface area contributed by atoms with Gasteiger partial charge in [-0.15, -0.1) is 0 Å². The van der Waals surface area contributed by atoms with Crippen LogP contribution in [0.2, 0.25) is 0 Å². The van der Waals surface area contributed by atoms with Gasteiger partial charge in [0.1, 0.15) is 0 Å². The van der Waals surface area contributed by atoms with Crippen molar-refractivity contribution in [3.63, 3.8) is 0 Å². The standard InChI is InChI=1S/C11H17F3N2O/c1-7(8(2)15)10(17)16-5-3-9(4-6-16)11(12,13)14/h3,7-8H,4-6,15H2,1-2H3. The fourth-order valence-corrected chi connectivity index (χ4v) is 1.64. The fraction of sp³-hybridized carbons (Fsp3) is 0.727. The zero-order chi connectivity index (χ0) is 13.2. The Morgan fingerprint density at radius 3 is 2.41 bits per heavy atom. The summed E-state index contributed by atoms with van der Waals surface area (Å²) in [7, 11) is 0. The van der Waals surface area contributed by atoms with E-state index in [0.717, 1.165) is 6.08 Å². The zero-order valence-corrected chi connectivity index (χ0v) is 9.92. The molecule has 3 nitrogen and oxygen atoms in total. The third kappa shape index (κ3) is 3.46. The Hall–Kier alpha value is -1.04. The topological polar surface area (TPSA) is 46.3 Å². The lowest BCUT2D eigenvalue weighted by Crippen LogP contribution is -2.44. The highest BCUT2D eigenvalue weighted by Gasteiger charge is 2.36. The number of hydrogen-bond donors (Lipinski definition) is 1. The van der Waals surface area contributed by atoms with E-state index in [1.807, 2.05) is 0 Å². The smallest absolute Gasteiger partial charge is 0.338 e. The van der Waals surface area contributed by atoms with Crippen LogP contribution in [-0.2, 0) is 4.79 Å². The van der Waals surface area contributed by atoms with Gasteiger partial charge in [0.2, 0.25) is 5.91 Å². The van der Waals surface area contributed by atoms with E-state index < -0.39 is 11.7 Å². The molecule has 0 radical (unpaired) electrons. The first kappa shape index (κ1) is 14.0. The van der Waals surface area contributed by atoms with Crippen LogP contribution in [0.3, 0.4) is 0 Å². The maximum Gasteiger partial charge on any atom is 0.412 e. The Labute approximate surface area is 98.5 Å². The summed E-state index contributed by atoms with van der Waals surface area (Å²) in [6.07, 6.45) is -3.34. The minimum absolute atomic E-state index is 0.0186. The lowest BCUT2D eigenvalue weighted by Gasteiger charge is -2.30. The van der Waals surface area contributed by atoms with E-state index in [-0.39, 0.29) is 37.4 Å². The summed E-state index contributed by atoms with van der Waals surface area (Å²) < 4.78 is 37.1. The van der Waals surface area contributed by atoms with Crippen LogP contribution in [0.25, 0.3) is 0 Å². The SMILES string of the molecule is CC(N)C(C)C(=O)N1CC=C(C(F)(F)F)CC1. The van der Waals surface area contributed by atoms with E-state index >= 15 is 0 Å². The lowest BCUT2D eigenvalue weighted by molar-refractivity contribution is -0.136. The Kier molecular flexibility index (Phi) is 4.19. The molecule has 1 aliphatic heterocycles. The summed E-state index contributed by atoms with van der Waals surface area (Å²) in [5.74, 6) is -0.548. The molecule has 0 fully saturated rings. The molecule has 0 aliphatic carbocycles. The molecule has 2 atom stereocenters. The van der Waals surface area contributed by atoms with E-state index in [4.69, 9.17) is 5.73 Å². The van der Waals surface area contributed by atoms with Crippen LogP contribution in [0.5, 0.6) is 0 Å². The molecule has 1 aliphatic rings. The number of halogens is 3. The number of alkyl halides is 3. The molecule has 0 aromatic rings. The largest absolute Gasteiger partial charge is 0.412 e. The van der Waals surface area contributed by atoms with Crippen molar-refractivity contribution < 1.29 is 18.0 Å². The van der Waals surface area contributed by atoms with Crippen molar-refractivity contribution in [2.24, 2.45) is 11.7 Å². The molecule has 0 aromatic carbocycles. The van der Waals surface area contributed by atoms with Gasteiger partial charge >= 0.3 is 6.18 Å². The number of hydrogen-bond acceptors (Lipinski definition) is 2. The van der Waals surface area contributed by atoms with E-state index in [1.165, 1.54) is 4.90 Å². The predicted octanol–water partition coefficient (Wildman–Crippen LogP) is 1.69. The van der Waals surface area contributed by atoms with Crippen molar-refractivity contribution in [2.75, 3.05) is 13.1 Å². The average molecular weight is 250 g/mol. The van der Waals surface area contributed by atoms with Crippen LogP contribution in [-0.4, -0.2) is 36.1 Å². The number of nitrogens with two attached hydrogens (primary N) is 1. The molecule has 1 heterocycles. The first-order valence-electron chi connectivity index (χ1n) is 5.54. The molecular weight excluding hydrogens is 233 g/mol. The van der Waals surface area contributed by atoms with Gasteiger partial charge in [-0.3, -0.25) is 4.79 Å². The second kappa shape index (κ2) is 5.08. The highest BCUT2D eigenvalue weighted by molar-refractivity contribution is 5.79. The number of carbonyl (C=O) groups is 1. The van der Waals surface area contributed by atoms with Gasteiger partial charge in [0.05, 0.1) is 5.92 Å². The Balaban J connectivity index is 2.64. The van der Waals surface area contributed by atoms with Crippen LogP contribution in [0.1, 0.15) is 20.3 Å². The third-order valence-corrected chi connectivity index (χ3v) is 3.06. The van der Waals surface area contributed by atoms with Gasteiger partial charge < -0.3 is 10.6 Å². The first-order chi connectivity index (χ1) is 7.73. The van der Waals surface area contributed by atoms with Crippen LogP contribution < -0.4 is 5.73 Å². The van der Waals surface area contributed by atoms with Crippen molar-refractivity contribution in [1.29, 1.82) is 0 Å². The summed E-state index contributed by atoms with van der Waals surface area (Å²) in [5.41, 5.74) is 5.05. The minimum Gasteiger partial charge on any atom is -0.338 e. The average Bonchev–Trinajstić information content (AvgIpc) is 2.26. The summed E-state index contributed by atoms with van der Waals surface area (Å²) >= 11 is 0. The zero-order valence-electron chi connectivity index (χ0n) is 9.92. The van der Waals surface area contributed by atoms with Crippen LogP contribution in [0.4, 0.5) is 13.2 Å². The molecule has 0 saturated carbocycles. The molecule has 0 bridgehead atoms. The lowest BCUT2D eigenvalue weighted by atomic mass is 10.0. The van der Waals surface area contributed by atoms with Crippen molar-refractivity contribution in [1.82, 2.24) is 4.90 Å². The maximum atomic E-state index is 12.4. The summed E-state index contributed by atoms with van der Waals surface area (Å²) in [4.78, 5) is 13.3. The minimum atomic E-state index is -4.28. The highest BCUT2D eigenvalue weighted by atomic mass is 19.4. The quantitative estimate of drug-likeness (QED) is 0.758. The molecule has 17 heavy (non-hydrogen) atoms. The second-order valence-electron chi connectivity index (χ2n) is 4.41. The van der Waals surface area contributed by atoms with Gasteiger partial charge in [-0.1, -0.05) is 13.0 Å². The van der Waals surface area contributed by atoms with Crippen LogP contribution >= 0.6 is 0 Å². The molecule has 2 N–H and O–H groups in total. The normalized spacial score (nSPS) is 20.8. The van der Waals surface area contributed by atoms with Gasteiger partial charge in [0.15, 0.2) is 0 Å². The molecule has 6 heteroatoms. The molecule has 0 aromatic heterocycles. The van der Waals surface area contributed by atoms with E-state index in [0.29, 0.717) is 0 Å². The van der Waals surface area contributed by atoms with Crippen LogP contribution in [0, 0.1) is 5.92 Å². The summed E-state index contributed by atoms with van der Waals surface area (Å²) in [5, 5.41) is 0. The molecule has 0 saturated heterocycles.